The smallest absolute Gasteiger partial charge is 0.244 e. The molecule has 0 saturated heterocycles. The first-order valence-electron chi connectivity index (χ1n) is 13.1. The molecule has 37 heavy (non-hydrogen) atoms. The van der Waals surface area contributed by atoms with Crippen LogP contribution >= 0.6 is 0 Å². The number of unbranched alkanes of at least 4 members (excludes halogenated alkanes) is 1. The van der Waals surface area contributed by atoms with E-state index >= 15 is 0 Å². The molecule has 0 saturated carbocycles. The van der Waals surface area contributed by atoms with Crippen LogP contribution in [0.3, 0.4) is 0 Å². The van der Waals surface area contributed by atoms with Gasteiger partial charge < -0.3 is 10.2 Å². The van der Waals surface area contributed by atoms with Crippen LogP contribution in [0.15, 0.2) is 54.6 Å². The summed E-state index contributed by atoms with van der Waals surface area (Å²) in [5.41, 5.74) is 2.44. The van der Waals surface area contributed by atoms with Crippen molar-refractivity contribution >= 4 is 27.5 Å². The molecule has 2 amide bonds. The van der Waals surface area contributed by atoms with Crippen molar-refractivity contribution in [3.05, 3.63) is 65.7 Å². The minimum absolute atomic E-state index is 0.0853. The van der Waals surface area contributed by atoms with Crippen molar-refractivity contribution in [3.8, 4) is 0 Å². The van der Waals surface area contributed by atoms with Crippen LogP contribution in [-0.4, -0.2) is 57.1 Å². The lowest BCUT2D eigenvalue weighted by molar-refractivity contribution is -0.139. The van der Waals surface area contributed by atoms with E-state index in [0.29, 0.717) is 31.6 Å². The normalized spacial score (nSPS) is 12.6. The van der Waals surface area contributed by atoms with E-state index in [1.807, 2.05) is 56.3 Å². The quantitative estimate of drug-likeness (QED) is 0.387. The summed E-state index contributed by atoms with van der Waals surface area (Å²) >= 11 is 0. The van der Waals surface area contributed by atoms with Gasteiger partial charge in [0, 0.05) is 13.1 Å². The van der Waals surface area contributed by atoms with Crippen molar-refractivity contribution in [2.45, 2.75) is 71.8 Å². The highest BCUT2D eigenvalue weighted by molar-refractivity contribution is 7.92. The topological polar surface area (TPSA) is 86.8 Å². The molecule has 0 radical (unpaired) electrons. The SMILES string of the molecule is CCCCNC(=O)C(CC)N(CCc1ccccc1)C(=O)CN(c1ccc(C(C)(C)C)cc1)S(C)(=O)=O. The van der Waals surface area contributed by atoms with Gasteiger partial charge in [-0.1, -0.05) is 83.5 Å². The average molecular weight is 530 g/mol. The number of hydrogen-bond acceptors (Lipinski definition) is 4. The van der Waals surface area contributed by atoms with Gasteiger partial charge in [-0.2, -0.15) is 0 Å². The molecule has 0 aliphatic carbocycles. The Labute approximate surface area is 223 Å². The number of benzene rings is 2. The fourth-order valence-corrected chi connectivity index (χ4v) is 4.99. The van der Waals surface area contributed by atoms with Crippen LogP contribution < -0.4 is 9.62 Å². The maximum atomic E-state index is 13.7. The van der Waals surface area contributed by atoms with Crippen molar-refractivity contribution in [2.24, 2.45) is 0 Å². The molecule has 8 heteroatoms. The molecule has 0 heterocycles. The molecule has 2 rings (SSSR count). The minimum atomic E-state index is -3.75. The summed E-state index contributed by atoms with van der Waals surface area (Å²) in [4.78, 5) is 28.3. The van der Waals surface area contributed by atoms with E-state index in [2.05, 4.69) is 26.1 Å². The third-order valence-electron chi connectivity index (χ3n) is 6.40. The first-order valence-corrected chi connectivity index (χ1v) is 14.9. The number of carbonyl (C=O) groups excluding carboxylic acids is 2. The molecule has 2 aromatic rings. The zero-order valence-electron chi connectivity index (χ0n) is 23.2. The Kier molecular flexibility index (Phi) is 11.2. The Morgan fingerprint density at radius 1 is 0.973 bits per heavy atom. The van der Waals surface area contributed by atoms with E-state index in [1.54, 1.807) is 12.1 Å². The number of hydrogen-bond donors (Lipinski definition) is 1. The van der Waals surface area contributed by atoms with Gasteiger partial charge in [-0.15, -0.1) is 0 Å². The predicted molar refractivity (Wildman–Crippen MR) is 151 cm³/mol. The van der Waals surface area contributed by atoms with E-state index in [9.17, 15) is 18.0 Å². The molecule has 0 aliphatic heterocycles. The molecule has 1 atom stereocenters. The van der Waals surface area contributed by atoms with Gasteiger partial charge in [0.05, 0.1) is 11.9 Å². The fraction of sp³-hybridized carbons (Fsp3) is 0.517. The Bertz CT molecular complexity index is 1110. The molecule has 7 nitrogen and oxygen atoms in total. The molecule has 204 valence electrons. The highest BCUT2D eigenvalue weighted by Crippen LogP contribution is 2.26. The molecular weight excluding hydrogens is 486 g/mol. The van der Waals surface area contributed by atoms with Crippen molar-refractivity contribution in [2.75, 3.05) is 30.2 Å². The average Bonchev–Trinajstić information content (AvgIpc) is 2.84. The van der Waals surface area contributed by atoms with Gasteiger partial charge in [-0.05, 0) is 47.9 Å². The highest BCUT2D eigenvalue weighted by atomic mass is 32.2. The van der Waals surface area contributed by atoms with Crippen LogP contribution in [0.2, 0.25) is 0 Å². The van der Waals surface area contributed by atoms with Gasteiger partial charge in [0.2, 0.25) is 21.8 Å². The molecular formula is C29H43N3O4S. The van der Waals surface area contributed by atoms with Crippen molar-refractivity contribution in [3.63, 3.8) is 0 Å². The zero-order valence-corrected chi connectivity index (χ0v) is 24.0. The van der Waals surface area contributed by atoms with Crippen LogP contribution in [0, 0.1) is 0 Å². The lowest BCUT2D eigenvalue weighted by Crippen LogP contribution is -2.53. The number of amides is 2. The maximum absolute atomic E-state index is 13.7. The molecule has 0 bridgehead atoms. The van der Waals surface area contributed by atoms with Crippen LogP contribution in [0.1, 0.15) is 65.0 Å². The van der Waals surface area contributed by atoms with E-state index in [0.717, 1.165) is 34.5 Å². The van der Waals surface area contributed by atoms with E-state index in [4.69, 9.17) is 0 Å². The maximum Gasteiger partial charge on any atom is 0.244 e. The summed E-state index contributed by atoms with van der Waals surface area (Å²) in [5, 5.41) is 2.94. The van der Waals surface area contributed by atoms with Gasteiger partial charge in [0.15, 0.2) is 0 Å². The standard InChI is InChI=1S/C29H43N3O4S/c1-7-9-20-30-28(34)26(8-2)31(21-19-23-13-11-10-12-14-23)27(33)22-32(37(6,35)36)25-17-15-24(16-18-25)29(3,4)5/h10-18,26H,7-9,19-22H2,1-6H3,(H,30,34). The minimum Gasteiger partial charge on any atom is -0.354 e. The number of rotatable bonds is 13. The first-order chi connectivity index (χ1) is 17.4. The second kappa shape index (κ2) is 13.6. The third-order valence-corrected chi connectivity index (χ3v) is 7.54. The Morgan fingerprint density at radius 3 is 2.11 bits per heavy atom. The Hall–Kier alpha value is -2.87. The van der Waals surface area contributed by atoms with E-state index in [-0.39, 0.29) is 17.9 Å². The number of anilines is 1. The van der Waals surface area contributed by atoms with Crippen LogP contribution in [0.25, 0.3) is 0 Å². The molecule has 0 spiro atoms. The molecule has 2 aromatic carbocycles. The molecule has 0 fully saturated rings. The predicted octanol–water partition coefficient (Wildman–Crippen LogP) is 4.52. The van der Waals surface area contributed by atoms with Gasteiger partial charge in [0.25, 0.3) is 0 Å². The number of nitrogens with one attached hydrogen (secondary N) is 1. The molecule has 0 aliphatic rings. The fourth-order valence-electron chi connectivity index (χ4n) is 4.14. The summed E-state index contributed by atoms with van der Waals surface area (Å²) in [5.74, 6) is -0.614. The molecule has 0 aromatic heterocycles. The Morgan fingerprint density at radius 2 is 1.59 bits per heavy atom. The largest absolute Gasteiger partial charge is 0.354 e. The lowest BCUT2D eigenvalue weighted by atomic mass is 9.87. The van der Waals surface area contributed by atoms with Crippen molar-refractivity contribution < 1.29 is 18.0 Å². The number of carbonyl (C=O) groups is 2. The van der Waals surface area contributed by atoms with E-state index < -0.39 is 22.0 Å². The van der Waals surface area contributed by atoms with Crippen molar-refractivity contribution in [1.82, 2.24) is 10.2 Å². The number of nitrogens with zero attached hydrogens (tertiary/aromatic N) is 2. The second-order valence-corrected chi connectivity index (χ2v) is 12.4. The van der Waals surface area contributed by atoms with Gasteiger partial charge in [0.1, 0.15) is 12.6 Å². The summed E-state index contributed by atoms with van der Waals surface area (Å²) in [6.07, 6.45) is 3.89. The van der Waals surface area contributed by atoms with Gasteiger partial charge in [-0.3, -0.25) is 13.9 Å². The first kappa shape index (κ1) is 30.4. The highest BCUT2D eigenvalue weighted by Gasteiger charge is 2.31. The van der Waals surface area contributed by atoms with Crippen molar-refractivity contribution in [1.29, 1.82) is 0 Å². The second-order valence-electron chi connectivity index (χ2n) is 10.5. The van der Waals surface area contributed by atoms with Gasteiger partial charge >= 0.3 is 0 Å². The van der Waals surface area contributed by atoms with Crippen LogP contribution in [0.5, 0.6) is 0 Å². The summed E-state index contributed by atoms with van der Waals surface area (Å²) in [6, 6.07) is 16.3. The molecule has 1 N–H and O–H groups in total. The van der Waals surface area contributed by atoms with Gasteiger partial charge in [-0.25, -0.2) is 8.42 Å². The zero-order chi connectivity index (χ0) is 27.6. The summed E-state index contributed by atoms with van der Waals surface area (Å²) < 4.78 is 26.7. The monoisotopic (exact) mass is 529 g/mol. The van der Waals surface area contributed by atoms with Crippen LogP contribution in [-0.2, 0) is 31.4 Å². The summed E-state index contributed by atoms with van der Waals surface area (Å²) in [7, 11) is -3.75. The van der Waals surface area contributed by atoms with Crippen LogP contribution in [0.4, 0.5) is 5.69 Å². The number of sulfonamides is 1. The third kappa shape index (κ3) is 9.18. The van der Waals surface area contributed by atoms with E-state index in [1.165, 1.54) is 4.90 Å². The molecule has 1 unspecified atom stereocenters. The summed E-state index contributed by atoms with van der Waals surface area (Å²) in [6.45, 7) is 10.6. The lowest BCUT2D eigenvalue weighted by Gasteiger charge is -2.33. The Balaban J connectivity index is 2.34.